The van der Waals surface area contributed by atoms with Crippen molar-refractivity contribution in [3.05, 3.63) is 40.4 Å². The highest BCUT2D eigenvalue weighted by Crippen LogP contribution is 2.51. The van der Waals surface area contributed by atoms with Crippen LogP contribution in [0.15, 0.2) is 24.3 Å². The van der Waals surface area contributed by atoms with Gasteiger partial charge in [0.15, 0.2) is 0 Å². The van der Waals surface area contributed by atoms with E-state index in [0.29, 0.717) is 0 Å². The fourth-order valence-electron chi connectivity index (χ4n) is 2.49. The monoisotopic (exact) mass is 258 g/mol. The molecule has 3 heteroatoms. The number of aromatic nitrogens is 1. The van der Waals surface area contributed by atoms with Crippen molar-refractivity contribution in [1.29, 1.82) is 0 Å². The minimum Gasteiger partial charge on any atom is -0.330 e. The van der Waals surface area contributed by atoms with Gasteiger partial charge in [-0.1, -0.05) is 24.3 Å². The molecule has 1 heterocycles. The predicted octanol–water partition coefficient (Wildman–Crippen LogP) is 3.42. The first kappa shape index (κ1) is 11.9. The van der Waals surface area contributed by atoms with E-state index in [9.17, 15) is 0 Å². The first-order chi connectivity index (χ1) is 8.66. The van der Waals surface area contributed by atoms with Crippen molar-refractivity contribution in [2.24, 2.45) is 5.73 Å². The molecule has 94 valence electrons. The first-order valence-corrected chi connectivity index (χ1v) is 7.22. The lowest BCUT2D eigenvalue weighted by atomic mass is 10.0. The molecule has 0 spiro atoms. The van der Waals surface area contributed by atoms with E-state index >= 15 is 0 Å². The van der Waals surface area contributed by atoms with Crippen molar-refractivity contribution in [1.82, 2.24) is 4.98 Å². The molecule has 0 bridgehead atoms. The van der Waals surface area contributed by atoms with E-state index in [4.69, 9.17) is 10.7 Å². The third-order valence-electron chi connectivity index (χ3n) is 3.90. The van der Waals surface area contributed by atoms with E-state index in [2.05, 4.69) is 38.1 Å². The van der Waals surface area contributed by atoms with Gasteiger partial charge in [-0.2, -0.15) is 0 Å². The Hall–Kier alpha value is -1.19. The zero-order chi connectivity index (χ0) is 12.8. The molecule has 3 rings (SSSR count). The van der Waals surface area contributed by atoms with Crippen LogP contribution in [0.4, 0.5) is 0 Å². The number of nitrogens with zero attached hydrogens (tertiary/aromatic N) is 1. The highest BCUT2D eigenvalue weighted by molar-refractivity contribution is 7.15. The number of aryl methyl sites for hydroxylation is 2. The van der Waals surface area contributed by atoms with Crippen LogP contribution in [0.5, 0.6) is 0 Å². The summed E-state index contributed by atoms with van der Waals surface area (Å²) in [6, 6.07) is 8.44. The molecule has 0 radical (unpaired) electrons. The number of hydrogen-bond donors (Lipinski definition) is 1. The summed E-state index contributed by atoms with van der Waals surface area (Å²) >= 11 is 1.83. The molecule has 1 aliphatic rings. The minimum atomic E-state index is 0.253. The van der Waals surface area contributed by atoms with Crippen LogP contribution in [0.2, 0.25) is 0 Å². The molecule has 0 atom stereocenters. The Morgan fingerprint density at radius 3 is 2.61 bits per heavy atom. The summed E-state index contributed by atoms with van der Waals surface area (Å²) in [4.78, 5) is 6.16. The lowest BCUT2D eigenvalue weighted by Crippen LogP contribution is -2.19. The van der Waals surface area contributed by atoms with Crippen LogP contribution in [0.1, 0.15) is 29.0 Å². The molecular weight excluding hydrogens is 240 g/mol. The summed E-state index contributed by atoms with van der Waals surface area (Å²) in [6.45, 7) is 5.01. The Labute approximate surface area is 112 Å². The molecule has 1 aliphatic carbocycles. The second-order valence-corrected chi connectivity index (χ2v) is 6.23. The Morgan fingerprint density at radius 2 is 2.00 bits per heavy atom. The summed E-state index contributed by atoms with van der Waals surface area (Å²) in [5.74, 6) is 0. The number of nitrogens with two attached hydrogens (primary N) is 1. The zero-order valence-corrected chi connectivity index (χ0v) is 11.7. The maximum atomic E-state index is 5.93. The second kappa shape index (κ2) is 4.18. The smallest absolute Gasteiger partial charge is 0.124 e. The molecule has 0 amide bonds. The second-order valence-electron chi connectivity index (χ2n) is 5.23. The zero-order valence-electron chi connectivity index (χ0n) is 10.9. The summed E-state index contributed by atoms with van der Waals surface area (Å²) in [5, 5.41) is 1.14. The summed E-state index contributed by atoms with van der Waals surface area (Å²) < 4.78 is 0. The molecule has 1 saturated carbocycles. The van der Waals surface area contributed by atoms with Gasteiger partial charge in [0.1, 0.15) is 5.01 Å². The maximum absolute atomic E-state index is 5.93. The summed E-state index contributed by atoms with van der Waals surface area (Å²) in [6.07, 6.45) is 2.44. The van der Waals surface area contributed by atoms with E-state index in [0.717, 1.165) is 11.6 Å². The third-order valence-corrected chi connectivity index (χ3v) is 5.34. The molecule has 0 unspecified atom stereocenters. The van der Waals surface area contributed by atoms with Gasteiger partial charge in [-0.25, -0.2) is 4.98 Å². The molecular formula is C15H18N2S. The van der Waals surface area contributed by atoms with Gasteiger partial charge >= 0.3 is 0 Å². The van der Waals surface area contributed by atoms with Crippen LogP contribution in [-0.4, -0.2) is 11.5 Å². The maximum Gasteiger partial charge on any atom is 0.124 e. The van der Waals surface area contributed by atoms with E-state index < -0.39 is 0 Å². The topological polar surface area (TPSA) is 38.9 Å². The van der Waals surface area contributed by atoms with E-state index in [-0.39, 0.29) is 5.41 Å². The Balaban J connectivity index is 2.06. The minimum absolute atomic E-state index is 0.253. The Morgan fingerprint density at radius 1 is 1.28 bits per heavy atom. The van der Waals surface area contributed by atoms with Gasteiger partial charge in [-0.05, 0) is 32.3 Å². The van der Waals surface area contributed by atoms with Crippen LogP contribution in [-0.2, 0) is 5.41 Å². The number of hydrogen-bond acceptors (Lipinski definition) is 3. The Bertz CT molecular complexity index is 582. The van der Waals surface area contributed by atoms with Gasteiger partial charge in [0, 0.05) is 22.4 Å². The van der Waals surface area contributed by atoms with Gasteiger partial charge in [0.2, 0.25) is 0 Å². The molecule has 2 nitrogen and oxygen atoms in total. The fourth-order valence-corrected chi connectivity index (χ4v) is 3.90. The standard InChI is InChI=1S/C15H18N2S/c1-10-5-3-4-6-12(10)14-17-11(2)13(18-14)15(9-16)7-8-15/h3-6H,7-9,16H2,1-2H3. The van der Waals surface area contributed by atoms with Crippen molar-refractivity contribution >= 4 is 11.3 Å². The summed E-state index contributed by atoms with van der Waals surface area (Å²) in [5.41, 5.74) is 9.89. The van der Waals surface area contributed by atoms with Crippen molar-refractivity contribution in [3.63, 3.8) is 0 Å². The van der Waals surface area contributed by atoms with Crippen molar-refractivity contribution < 1.29 is 0 Å². The lowest BCUT2D eigenvalue weighted by Gasteiger charge is -2.09. The van der Waals surface area contributed by atoms with E-state index in [1.54, 1.807) is 0 Å². The first-order valence-electron chi connectivity index (χ1n) is 6.40. The average Bonchev–Trinajstić information content (AvgIpc) is 3.07. The van der Waals surface area contributed by atoms with E-state index in [1.807, 2.05) is 11.3 Å². The lowest BCUT2D eigenvalue weighted by molar-refractivity contribution is 0.712. The van der Waals surface area contributed by atoms with Gasteiger partial charge in [0.25, 0.3) is 0 Å². The van der Waals surface area contributed by atoms with Gasteiger partial charge in [-0.15, -0.1) is 11.3 Å². The fraction of sp³-hybridized carbons (Fsp3) is 0.400. The van der Waals surface area contributed by atoms with Crippen LogP contribution < -0.4 is 5.73 Å². The number of rotatable bonds is 3. The van der Waals surface area contributed by atoms with Crippen LogP contribution >= 0.6 is 11.3 Å². The molecule has 1 aromatic carbocycles. The molecule has 2 N–H and O–H groups in total. The largest absolute Gasteiger partial charge is 0.330 e. The molecule has 1 fully saturated rings. The molecule has 1 aromatic heterocycles. The highest BCUT2D eigenvalue weighted by Gasteiger charge is 2.45. The summed E-state index contributed by atoms with van der Waals surface area (Å²) in [7, 11) is 0. The van der Waals surface area contributed by atoms with Crippen LogP contribution in [0.25, 0.3) is 10.6 Å². The number of thiazole rings is 1. The van der Waals surface area contributed by atoms with Crippen molar-refractivity contribution in [3.8, 4) is 10.6 Å². The van der Waals surface area contributed by atoms with Crippen molar-refractivity contribution in [2.75, 3.05) is 6.54 Å². The predicted molar refractivity (Wildman–Crippen MR) is 77.0 cm³/mol. The molecule has 18 heavy (non-hydrogen) atoms. The SMILES string of the molecule is Cc1ccccc1-c1nc(C)c(C2(CN)CC2)s1. The van der Waals surface area contributed by atoms with Crippen LogP contribution in [0, 0.1) is 13.8 Å². The van der Waals surface area contributed by atoms with Gasteiger partial charge < -0.3 is 5.73 Å². The molecule has 0 aliphatic heterocycles. The third kappa shape index (κ3) is 1.78. The van der Waals surface area contributed by atoms with Crippen LogP contribution in [0.3, 0.4) is 0 Å². The average molecular weight is 258 g/mol. The quantitative estimate of drug-likeness (QED) is 0.916. The molecule has 0 saturated heterocycles. The van der Waals surface area contributed by atoms with E-state index in [1.165, 1.54) is 34.5 Å². The van der Waals surface area contributed by atoms with Gasteiger partial charge in [-0.3, -0.25) is 0 Å². The Kier molecular flexibility index (Phi) is 2.76. The van der Waals surface area contributed by atoms with Gasteiger partial charge in [0.05, 0.1) is 5.69 Å². The normalized spacial score (nSPS) is 16.8. The number of benzene rings is 1. The highest BCUT2D eigenvalue weighted by atomic mass is 32.1. The van der Waals surface area contributed by atoms with Crippen molar-refractivity contribution in [2.45, 2.75) is 32.1 Å². The molecule has 2 aromatic rings.